The highest BCUT2D eigenvalue weighted by Gasteiger charge is 2.18. The van der Waals surface area contributed by atoms with Crippen LogP contribution in [0.2, 0.25) is 5.02 Å². The molecule has 0 saturated carbocycles. The fourth-order valence-corrected chi connectivity index (χ4v) is 2.69. The van der Waals surface area contributed by atoms with Crippen LogP contribution in [0.5, 0.6) is 0 Å². The highest BCUT2D eigenvalue weighted by Crippen LogP contribution is 2.26. The first-order valence-corrected chi connectivity index (χ1v) is 7.46. The Morgan fingerprint density at radius 3 is 2.40 bits per heavy atom. The monoisotopic (exact) mass is 287 g/mol. The van der Waals surface area contributed by atoms with Crippen LogP contribution in [0, 0.1) is 6.92 Å². The third-order valence-corrected chi connectivity index (χ3v) is 4.15. The van der Waals surface area contributed by atoms with Crippen LogP contribution in [0.3, 0.4) is 0 Å². The van der Waals surface area contributed by atoms with Crippen molar-refractivity contribution in [2.45, 2.75) is 32.2 Å². The molecule has 0 fully saturated rings. The van der Waals surface area contributed by atoms with Crippen LogP contribution in [0.4, 0.5) is 0 Å². The molecule has 0 heterocycles. The zero-order chi connectivity index (χ0) is 14.5. The standard InChI is InChI=1S/C18H22ClN/c1-13-5-4-6-16(11-13)18(14(2)20-3)12-15-7-9-17(19)10-8-15/h4-11,14,18,20H,12H2,1-3H3. The summed E-state index contributed by atoms with van der Waals surface area (Å²) in [5, 5.41) is 4.18. The van der Waals surface area contributed by atoms with Crippen molar-refractivity contribution in [3.05, 3.63) is 70.2 Å². The number of likely N-dealkylation sites (N-methyl/N-ethyl adjacent to an activating group) is 1. The number of aryl methyl sites for hydroxylation is 1. The number of hydrogen-bond donors (Lipinski definition) is 1. The average molecular weight is 288 g/mol. The molecule has 0 bridgehead atoms. The fraction of sp³-hybridized carbons (Fsp3) is 0.333. The van der Waals surface area contributed by atoms with Gasteiger partial charge in [-0.25, -0.2) is 0 Å². The molecule has 0 amide bonds. The largest absolute Gasteiger partial charge is 0.317 e. The van der Waals surface area contributed by atoms with Crippen LogP contribution >= 0.6 is 11.6 Å². The topological polar surface area (TPSA) is 12.0 Å². The van der Waals surface area contributed by atoms with E-state index in [4.69, 9.17) is 11.6 Å². The van der Waals surface area contributed by atoms with Gasteiger partial charge in [-0.05, 0) is 50.6 Å². The maximum absolute atomic E-state index is 5.96. The molecule has 0 spiro atoms. The maximum atomic E-state index is 5.96. The summed E-state index contributed by atoms with van der Waals surface area (Å²) in [6.07, 6.45) is 1.02. The first kappa shape index (κ1) is 15.1. The number of nitrogens with one attached hydrogen (secondary N) is 1. The second-order valence-electron chi connectivity index (χ2n) is 5.43. The van der Waals surface area contributed by atoms with Crippen molar-refractivity contribution >= 4 is 11.6 Å². The molecule has 2 heteroatoms. The van der Waals surface area contributed by atoms with Gasteiger partial charge in [0.15, 0.2) is 0 Å². The molecule has 0 aliphatic rings. The van der Waals surface area contributed by atoms with Crippen molar-refractivity contribution in [1.82, 2.24) is 5.32 Å². The minimum absolute atomic E-state index is 0.424. The number of benzene rings is 2. The molecule has 1 N–H and O–H groups in total. The normalized spacial score (nSPS) is 14.0. The number of rotatable bonds is 5. The van der Waals surface area contributed by atoms with Gasteiger partial charge in [0, 0.05) is 17.0 Å². The summed E-state index contributed by atoms with van der Waals surface area (Å²) in [6.45, 7) is 4.38. The molecular weight excluding hydrogens is 266 g/mol. The van der Waals surface area contributed by atoms with Crippen LogP contribution in [0.25, 0.3) is 0 Å². The van der Waals surface area contributed by atoms with Gasteiger partial charge in [-0.15, -0.1) is 0 Å². The van der Waals surface area contributed by atoms with Gasteiger partial charge < -0.3 is 5.32 Å². The second-order valence-corrected chi connectivity index (χ2v) is 5.87. The molecule has 0 saturated heterocycles. The van der Waals surface area contributed by atoms with Crippen LogP contribution < -0.4 is 5.32 Å². The van der Waals surface area contributed by atoms with Gasteiger partial charge in [0.25, 0.3) is 0 Å². The Bertz CT molecular complexity index is 548. The summed E-state index contributed by atoms with van der Waals surface area (Å²) < 4.78 is 0. The molecule has 106 valence electrons. The van der Waals surface area contributed by atoms with E-state index >= 15 is 0 Å². The predicted molar refractivity (Wildman–Crippen MR) is 87.6 cm³/mol. The average Bonchev–Trinajstić information content (AvgIpc) is 2.46. The molecule has 2 rings (SSSR count). The van der Waals surface area contributed by atoms with Gasteiger partial charge in [0.2, 0.25) is 0 Å². The van der Waals surface area contributed by atoms with Crippen molar-refractivity contribution in [2.24, 2.45) is 0 Å². The first-order valence-electron chi connectivity index (χ1n) is 7.08. The Morgan fingerprint density at radius 2 is 1.80 bits per heavy atom. The van der Waals surface area contributed by atoms with E-state index in [2.05, 4.69) is 55.6 Å². The van der Waals surface area contributed by atoms with E-state index in [0.29, 0.717) is 12.0 Å². The Hall–Kier alpha value is -1.31. The number of hydrogen-bond acceptors (Lipinski definition) is 1. The van der Waals surface area contributed by atoms with E-state index in [1.165, 1.54) is 16.7 Å². The fourth-order valence-electron chi connectivity index (χ4n) is 2.56. The smallest absolute Gasteiger partial charge is 0.0406 e. The van der Waals surface area contributed by atoms with E-state index in [1.807, 2.05) is 19.2 Å². The summed E-state index contributed by atoms with van der Waals surface area (Å²) >= 11 is 5.96. The van der Waals surface area contributed by atoms with Crippen LogP contribution in [0.1, 0.15) is 29.5 Å². The molecule has 0 aliphatic carbocycles. The lowest BCUT2D eigenvalue weighted by Crippen LogP contribution is -2.30. The SMILES string of the molecule is CNC(C)C(Cc1ccc(Cl)cc1)c1cccc(C)c1. The zero-order valence-corrected chi connectivity index (χ0v) is 13.1. The van der Waals surface area contributed by atoms with Crippen molar-refractivity contribution in [2.75, 3.05) is 7.05 Å². The highest BCUT2D eigenvalue weighted by molar-refractivity contribution is 6.30. The summed E-state index contributed by atoms with van der Waals surface area (Å²) in [5.41, 5.74) is 4.02. The molecule has 0 aromatic heterocycles. The summed E-state index contributed by atoms with van der Waals surface area (Å²) in [7, 11) is 2.02. The molecule has 2 atom stereocenters. The van der Waals surface area contributed by atoms with E-state index in [-0.39, 0.29) is 0 Å². The van der Waals surface area contributed by atoms with Gasteiger partial charge in [0.1, 0.15) is 0 Å². The van der Waals surface area contributed by atoms with Gasteiger partial charge in [0.05, 0.1) is 0 Å². The van der Waals surface area contributed by atoms with E-state index in [1.54, 1.807) is 0 Å². The van der Waals surface area contributed by atoms with Gasteiger partial charge >= 0.3 is 0 Å². The molecule has 20 heavy (non-hydrogen) atoms. The Kier molecular flexibility index (Phi) is 5.22. The van der Waals surface area contributed by atoms with E-state index < -0.39 is 0 Å². The summed E-state index contributed by atoms with van der Waals surface area (Å²) in [6, 6.07) is 17.4. The molecule has 0 radical (unpaired) electrons. The highest BCUT2D eigenvalue weighted by atomic mass is 35.5. The van der Waals surface area contributed by atoms with Gasteiger partial charge in [-0.2, -0.15) is 0 Å². The minimum Gasteiger partial charge on any atom is -0.317 e. The first-order chi connectivity index (χ1) is 9.60. The molecule has 1 nitrogen and oxygen atoms in total. The van der Waals surface area contributed by atoms with Crippen LogP contribution in [-0.2, 0) is 6.42 Å². The predicted octanol–water partition coefficient (Wildman–Crippen LogP) is 4.58. The summed E-state index contributed by atoms with van der Waals surface area (Å²) in [4.78, 5) is 0. The third kappa shape index (κ3) is 3.84. The molecule has 2 aromatic rings. The molecular formula is C18H22ClN. The lowest BCUT2D eigenvalue weighted by atomic mass is 9.86. The van der Waals surface area contributed by atoms with Crippen molar-refractivity contribution in [3.8, 4) is 0 Å². The van der Waals surface area contributed by atoms with Gasteiger partial charge in [-0.1, -0.05) is 53.6 Å². The summed E-state index contributed by atoms with van der Waals surface area (Å²) in [5.74, 6) is 0.459. The van der Waals surface area contributed by atoms with Crippen molar-refractivity contribution in [1.29, 1.82) is 0 Å². The minimum atomic E-state index is 0.424. The molecule has 0 aliphatic heterocycles. The van der Waals surface area contributed by atoms with Crippen molar-refractivity contribution < 1.29 is 0 Å². The third-order valence-electron chi connectivity index (χ3n) is 3.90. The van der Waals surface area contributed by atoms with Crippen LogP contribution in [0.15, 0.2) is 48.5 Å². The zero-order valence-electron chi connectivity index (χ0n) is 12.4. The van der Waals surface area contributed by atoms with Gasteiger partial charge in [-0.3, -0.25) is 0 Å². The maximum Gasteiger partial charge on any atom is 0.0406 e. The molecule has 2 unspecified atom stereocenters. The van der Waals surface area contributed by atoms with E-state index in [9.17, 15) is 0 Å². The Morgan fingerprint density at radius 1 is 1.10 bits per heavy atom. The lowest BCUT2D eigenvalue weighted by molar-refractivity contribution is 0.491. The van der Waals surface area contributed by atoms with E-state index in [0.717, 1.165) is 11.4 Å². The lowest BCUT2D eigenvalue weighted by Gasteiger charge is -2.25. The Labute approximate surface area is 127 Å². The van der Waals surface area contributed by atoms with Crippen molar-refractivity contribution in [3.63, 3.8) is 0 Å². The quantitative estimate of drug-likeness (QED) is 0.848. The number of halogens is 1. The molecule has 2 aromatic carbocycles. The van der Waals surface area contributed by atoms with Crippen LogP contribution in [-0.4, -0.2) is 13.1 Å². The Balaban J connectivity index is 2.26. The second kappa shape index (κ2) is 6.92.